The Bertz CT molecular complexity index is 1240. The smallest absolute Gasteiger partial charge is 0.276 e. The number of allylic oxidation sites excluding steroid dienone is 3. The Balaban J connectivity index is 1.25. The van der Waals surface area contributed by atoms with Gasteiger partial charge in [-0.15, -0.1) is 10.2 Å². The van der Waals surface area contributed by atoms with E-state index in [-0.39, 0.29) is 23.7 Å². The Morgan fingerprint density at radius 3 is 2.66 bits per heavy atom. The van der Waals surface area contributed by atoms with Gasteiger partial charge in [0, 0.05) is 47.1 Å². The van der Waals surface area contributed by atoms with Crippen molar-refractivity contribution < 1.29 is 14.1 Å². The lowest BCUT2D eigenvalue weighted by Gasteiger charge is -2.27. The summed E-state index contributed by atoms with van der Waals surface area (Å²) in [5.41, 5.74) is 1.15. The number of aromatic nitrogens is 2. The van der Waals surface area contributed by atoms with Crippen LogP contribution in [0, 0.1) is 11.3 Å². The molecule has 1 aliphatic heterocycles. The lowest BCUT2D eigenvalue weighted by atomic mass is 9.91. The van der Waals surface area contributed by atoms with Gasteiger partial charge < -0.3 is 15.2 Å². The number of fused-ring (bicyclic) bond motifs is 1. The molecular weight excluding hydrogens is 491 g/mol. The monoisotopic (exact) mass is 514 g/mol. The maximum Gasteiger partial charge on any atom is 0.276 e. The molecule has 9 nitrogen and oxygen atoms in total. The summed E-state index contributed by atoms with van der Waals surface area (Å²) >= 11 is 12.0. The normalized spacial score (nSPS) is 17.0. The highest BCUT2D eigenvalue weighted by molar-refractivity contribution is 6.35. The topological polar surface area (TPSA) is 122 Å². The Morgan fingerprint density at radius 1 is 1.11 bits per heavy atom. The number of hydrogen-bond acceptors (Lipinski definition) is 7. The first-order valence-electron chi connectivity index (χ1n) is 11.0. The largest absolute Gasteiger partial charge is 0.368 e. The van der Waals surface area contributed by atoms with Gasteiger partial charge in [0.25, 0.3) is 5.91 Å². The van der Waals surface area contributed by atoms with Gasteiger partial charge in [-0.05, 0) is 23.6 Å². The Kier molecular flexibility index (Phi) is 7.47. The Morgan fingerprint density at radius 2 is 1.89 bits per heavy atom. The second kappa shape index (κ2) is 10.5. The van der Waals surface area contributed by atoms with Crippen molar-refractivity contribution in [2.75, 3.05) is 13.1 Å². The number of nitrogens with zero attached hydrogens (tertiary/aromatic N) is 4. The Hall–Kier alpha value is -3.30. The molecule has 2 N–H and O–H groups in total. The molecule has 0 saturated heterocycles. The fourth-order valence-electron chi connectivity index (χ4n) is 3.53. The van der Waals surface area contributed by atoms with Crippen molar-refractivity contribution >= 4 is 35.0 Å². The number of carbonyl (C=O) groups is 2. The number of nitrogens with one attached hydrogen (secondary N) is 2. The molecule has 1 unspecified atom stereocenters. The number of amides is 2. The SMILES string of the molecule is CC(C)(CNC(=O)CCc1nc(-c2cc(Cl)cc(Cl)c2)no1)CNC1=C2C=CC=CC2C(=O)N=N1. The molecule has 35 heavy (non-hydrogen) atoms. The first kappa shape index (κ1) is 24.8. The molecule has 2 aliphatic rings. The molecule has 182 valence electrons. The number of rotatable bonds is 9. The fraction of sp³-hybridized carbons (Fsp3) is 0.333. The van der Waals surface area contributed by atoms with E-state index >= 15 is 0 Å². The first-order chi connectivity index (χ1) is 16.7. The minimum Gasteiger partial charge on any atom is -0.368 e. The van der Waals surface area contributed by atoms with Gasteiger partial charge in [-0.1, -0.05) is 66.5 Å². The molecule has 0 fully saturated rings. The van der Waals surface area contributed by atoms with E-state index in [4.69, 9.17) is 27.7 Å². The van der Waals surface area contributed by atoms with E-state index in [1.165, 1.54) is 0 Å². The van der Waals surface area contributed by atoms with E-state index in [9.17, 15) is 9.59 Å². The molecule has 2 heterocycles. The van der Waals surface area contributed by atoms with Crippen LogP contribution in [0.2, 0.25) is 10.0 Å². The second-order valence-corrected chi connectivity index (χ2v) is 9.90. The van der Waals surface area contributed by atoms with Crippen LogP contribution in [0.1, 0.15) is 26.2 Å². The molecule has 2 aromatic rings. The van der Waals surface area contributed by atoms with Gasteiger partial charge in [-0.25, -0.2) is 0 Å². The van der Waals surface area contributed by atoms with E-state index in [1.807, 2.05) is 32.1 Å². The number of azo groups is 1. The van der Waals surface area contributed by atoms with Crippen LogP contribution >= 0.6 is 23.2 Å². The quantitative estimate of drug-likeness (QED) is 0.501. The van der Waals surface area contributed by atoms with Crippen molar-refractivity contribution in [2.24, 2.45) is 21.6 Å². The fourth-order valence-corrected chi connectivity index (χ4v) is 4.05. The molecule has 0 spiro atoms. The summed E-state index contributed by atoms with van der Waals surface area (Å²) < 4.78 is 5.26. The molecule has 0 saturated carbocycles. The van der Waals surface area contributed by atoms with Crippen LogP contribution < -0.4 is 10.6 Å². The number of benzene rings is 1. The van der Waals surface area contributed by atoms with E-state index in [2.05, 4.69) is 31.0 Å². The predicted octanol–water partition coefficient (Wildman–Crippen LogP) is 4.65. The van der Waals surface area contributed by atoms with E-state index in [1.54, 1.807) is 24.3 Å². The average molecular weight is 515 g/mol. The minimum atomic E-state index is -0.399. The zero-order chi connectivity index (χ0) is 25.0. The van der Waals surface area contributed by atoms with Gasteiger partial charge in [-0.3, -0.25) is 9.59 Å². The van der Waals surface area contributed by atoms with Crippen molar-refractivity contribution in [1.29, 1.82) is 0 Å². The zero-order valence-corrected chi connectivity index (χ0v) is 20.7. The third-order valence-corrected chi connectivity index (χ3v) is 5.90. The van der Waals surface area contributed by atoms with Crippen LogP contribution in [0.3, 0.4) is 0 Å². The van der Waals surface area contributed by atoms with Gasteiger partial charge in [-0.2, -0.15) is 4.98 Å². The van der Waals surface area contributed by atoms with Crippen LogP contribution in [-0.2, 0) is 16.0 Å². The third kappa shape index (κ3) is 6.43. The molecule has 4 rings (SSSR count). The number of hydrogen-bond donors (Lipinski definition) is 2. The van der Waals surface area contributed by atoms with Crippen LogP contribution in [-0.4, -0.2) is 35.0 Å². The molecule has 1 aliphatic carbocycles. The molecule has 1 atom stereocenters. The standard InChI is InChI=1S/C24H24Cl2N6O3/c1-24(2,13-28-22-17-5-3-4-6-18(17)23(34)31-30-22)12-27-19(33)7-8-20-29-21(32-35-20)14-9-15(25)11-16(26)10-14/h3-6,9-11,18,28H,7-8,12-13H2,1-2H3,(H,27,33). The highest BCUT2D eigenvalue weighted by Crippen LogP contribution is 2.28. The van der Waals surface area contributed by atoms with E-state index in [0.29, 0.717) is 52.7 Å². The molecule has 11 heteroatoms. The second-order valence-electron chi connectivity index (χ2n) is 9.03. The maximum atomic E-state index is 12.4. The third-order valence-electron chi connectivity index (χ3n) is 5.47. The number of aryl methyl sites for hydroxylation is 1. The van der Waals surface area contributed by atoms with Crippen LogP contribution in [0.25, 0.3) is 11.4 Å². The van der Waals surface area contributed by atoms with Crippen LogP contribution in [0.5, 0.6) is 0 Å². The predicted molar refractivity (Wildman–Crippen MR) is 132 cm³/mol. The average Bonchev–Trinajstić information content (AvgIpc) is 3.30. The van der Waals surface area contributed by atoms with Crippen LogP contribution in [0.15, 0.2) is 68.6 Å². The molecular formula is C24H24Cl2N6O3. The Labute approximate surface area is 212 Å². The first-order valence-corrected chi connectivity index (χ1v) is 11.8. The summed E-state index contributed by atoms with van der Waals surface area (Å²) in [5, 5.41) is 18.8. The molecule has 0 bridgehead atoms. The number of halogens is 2. The van der Waals surface area contributed by atoms with Gasteiger partial charge in [0.2, 0.25) is 17.6 Å². The van der Waals surface area contributed by atoms with Gasteiger partial charge in [0.05, 0.1) is 5.92 Å². The van der Waals surface area contributed by atoms with E-state index < -0.39 is 5.92 Å². The van der Waals surface area contributed by atoms with Crippen molar-refractivity contribution in [3.05, 3.63) is 69.8 Å². The molecule has 1 aromatic carbocycles. The highest BCUT2D eigenvalue weighted by Gasteiger charge is 2.28. The lowest BCUT2D eigenvalue weighted by Crippen LogP contribution is -2.40. The summed E-state index contributed by atoms with van der Waals surface area (Å²) in [6.45, 7) is 5.00. The summed E-state index contributed by atoms with van der Waals surface area (Å²) in [5.74, 6) is 0.476. The van der Waals surface area contributed by atoms with Crippen LogP contribution in [0.4, 0.5) is 0 Å². The summed E-state index contributed by atoms with van der Waals surface area (Å²) in [7, 11) is 0. The highest BCUT2D eigenvalue weighted by atomic mass is 35.5. The lowest BCUT2D eigenvalue weighted by molar-refractivity contribution is -0.122. The van der Waals surface area contributed by atoms with Gasteiger partial charge in [0.15, 0.2) is 5.82 Å². The van der Waals surface area contributed by atoms with Crippen molar-refractivity contribution in [3.63, 3.8) is 0 Å². The van der Waals surface area contributed by atoms with Crippen molar-refractivity contribution in [1.82, 2.24) is 20.8 Å². The molecule has 1 aromatic heterocycles. The van der Waals surface area contributed by atoms with Crippen molar-refractivity contribution in [2.45, 2.75) is 26.7 Å². The summed E-state index contributed by atoms with van der Waals surface area (Å²) in [6.07, 6.45) is 7.86. The van der Waals surface area contributed by atoms with Gasteiger partial charge >= 0.3 is 0 Å². The maximum absolute atomic E-state index is 12.4. The number of carbonyl (C=O) groups excluding carboxylic acids is 2. The minimum absolute atomic E-state index is 0.131. The molecule has 2 amide bonds. The van der Waals surface area contributed by atoms with Gasteiger partial charge in [0.1, 0.15) is 0 Å². The molecule has 0 radical (unpaired) electrons. The van der Waals surface area contributed by atoms with E-state index in [0.717, 1.165) is 5.57 Å². The van der Waals surface area contributed by atoms with Crippen molar-refractivity contribution in [3.8, 4) is 11.4 Å². The summed E-state index contributed by atoms with van der Waals surface area (Å²) in [4.78, 5) is 28.7. The zero-order valence-electron chi connectivity index (χ0n) is 19.2. The summed E-state index contributed by atoms with van der Waals surface area (Å²) in [6, 6.07) is 5.00.